The van der Waals surface area contributed by atoms with E-state index in [1.165, 1.54) is 29.4 Å². The van der Waals surface area contributed by atoms with Crippen molar-refractivity contribution in [2.24, 2.45) is 28.6 Å². The van der Waals surface area contributed by atoms with Gasteiger partial charge in [-0.3, -0.25) is 38.7 Å². The number of hydrogen-bond donors (Lipinski definition) is 4. The van der Waals surface area contributed by atoms with E-state index in [9.17, 15) is 33.6 Å². The average Bonchev–Trinajstić information content (AvgIpc) is 3.71. The molecule has 2 aliphatic heterocycles. The minimum atomic E-state index is -1.08. The number of fused-ring (bicyclic) bond motifs is 1. The van der Waals surface area contributed by atoms with E-state index in [0.717, 1.165) is 17.7 Å². The number of ketones is 1. The molecular formula is C38H55N7O7. The van der Waals surface area contributed by atoms with Gasteiger partial charge >= 0.3 is 6.03 Å². The van der Waals surface area contributed by atoms with Gasteiger partial charge in [-0.05, 0) is 47.5 Å². The molecule has 0 bridgehead atoms. The number of rotatable bonds is 14. The van der Waals surface area contributed by atoms with Gasteiger partial charge in [-0.15, -0.1) is 6.58 Å². The predicted molar refractivity (Wildman–Crippen MR) is 194 cm³/mol. The molecule has 0 spiro atoms. The van der Waals surface area contributed by atoms with E-state index in [-0.39, 0.29) is 48.5 Å². The van der Waals surface area contributed by atoms with Crippen LogP contribution in [0.5, 0.6) is 0 Å². The maximum absolute atomic E-state index is 14.5. The van der Waals surface area contributed by atoms with Crippen LogP contribution in [0.3, 0.4) is 0 Å². The summed E-state index contributed by atoms with van der Waals surface area (Å²) in [6.45, 7) is 18.8. The van der Waals surface area contributed by atoms with Crippen LogP contribution in [0.25, 0.3) is 0 Å². The van der Waals surface area contributed by atoms with Crippen molar-refractivity contribution in [3.05, 3.63) is 42.2 Å². The quantitative estimate of drug-likeness (QED) is 0.128. The van der Waals surface area contributed by atoms with E-state index >= 15 is 0 Å². The summed E-state index contributed by atoms with van der Waals surface area (Å²) < 4.78 is 0. The summed E-state index contributed by atoms with van der Waals surface area (Å²) in [5.41, 5.74) is -0.956. The standard InChI is InChI=1S/C38H55N7O7/c1-10-15-40-32(48)29(46)26(18-22-11-12-22)41-31(47)28-23(21(2)3)14-17-44(28)35(51)30(38(7,8)9)43-36(52)42-27(37(4,5)6)20-45-33(49)24-13-16-39-19-25(24)34(45)50/h10,13,16,19,21-23,26-28,30H,1,11-12,14-15,17-18,20H2,2-9H3,(H,40,48)(H,41,47)(H2,42,43,52)/t23-,26?,27-,28+,30-/m1/s1. The summed E-state index contributed by atoms with van der Waals surface area (Å²) in [7, 11) is 0. The molecule has 14 nitrogen and oxygen atoms in total. The van der Waals surface area contributed by atoms with Crippen LogP contribution >= 0.6 is 0 Å². The molecule has 4 rings (SSSR count). The first-order valence-electron chi connectivity index (χ1n) is 18.2. The minimum Gasteiger partial charge on any atom is -0.346 e. The van der Waals surface area contributed by atoms with Gasteiger partial charge < -0.3 is 26.2 Å². The van der Waals surface area contributed by atoms with E-state index in [1.54, 1.807) is 20.8 Å². The number of carbonyl (C=O) groups excluding carboxylic acids is 7. The topological polar surface area (TPSA) is 187 Å². The minimum absolute atomic E-state index is 0.0110. The first kappa shape index (κ1) is 40.2. The second kappa shape index (κ2) is 16.0. The zero-order valence-corrected chi connectivity index (χ0v) is 31.7. The van der Waals surface area contributed by atoms with E-state index in [0.29, 0.717) is 12.8 Å². The number of pyridine rings is 1. The molecule has 1 aliphatic carbocycles. The lowest BCUT2D eigenvalue weighted by atomic mass is 9.84. The number of likely N-dealkylation sites (tertiary alicyclic amines) is 1. The molecule has 1 saturated heterocycles. The Morgan fingerprint density at radius 3 is 2.15 bits per heavy atom. The molecule has 2 fully saturated rings. The first-order chi connectivity index (χ1) is 24.3. The van der Waals surface area contributed by atoms with Crippen molar-refractivity contribution in [2.75, 3.05) is 19.6 Å². The Morgan fingerprint density at radius 1 is 0.942 bits per heavy atom. The van der Waals surface area contributed by atoms with Crippen LogP contribution in [0, 0.1) is 28.6 Å². The van der Waals surface area contributed by atoms with Gasteiger partial charge in [0.15, 0.2) is 0 Å². The first-order valence-corrected chi connectivity index (χ1v) is 18.2. The molecular weight excluding hydrogens is 666 g/mol. The van der Waals surface area contributed by atoms with Gasteiger partial charge in [0.2, 0.25) is 17.6 Å². The fourth-order valence-electron chi connectivity index (χ4n) is 6.85. The zero-order chi connectivity index (χ0) is 38.7. The molecule has 3 heterocycles. The lowest BCUT2D eigenvalue weighted by Gasteiger charge is -2.38. The van der Waals surface area contributed by atoms with Crippen molar-refractivity contribution in [3.8, 4) is 0 Å². The van der Waals surface area contributed by atoms with E-state index in [1.807, 2.05) is 34.6 Å². The van der Waals surface area contributed by atoms with Gasteiger partial charge in [-0.1, -0.05) is 74.3 Å². The Hall–Kier alpha value is -4.62. The van der Waals surface area contributed by atoms with Crippen molar-refractivity contribution in [1.82, 2.24) is 36.1 Å². The summed E-state index contributed by atoms with van der Waals surface area (Å²) in [5.74, 6) is -3.48. The van der Waals surface area contributed by atoms with Crippen LogP contribution in [0.15, 0.2) is 31.1 Å². The monoisotopic (exact) mass is 721 g/mol. The molecule has 3 aliphatic rings. The Kier molecular flexibility index (Phi) is 12.3. The van der Waals surface area contributed by atoms with Crippen LogP contribution in [0.1, 0.15) is 102 Å². The highest BCUT2D eigenvalue weighted by molar-refractivity contribution is 6.38. The number of nitrogens with zero attached hydrogens (tertiary/aromatic N) is 3. The number of aromatic nitrogens is 1. The largest absolute Gasteiger partial charge is 0.346 e. The Morgan fingerprint density at radius 2 is 1.60 bits per heavy atom. The molecule has 0 radical (unpaired) electrons. The molecule has 284 valence electrons. The Bertz CT molecular complexity index is 1560. The van der Waals surface area contributed by atoms with Gasteiger partial charge in [0.1, 0.15) is 12.1 Å². The second-order valence-electron chi connectivity index (χ2n) is 16.8. The van der Waals surface area contributed by atoms with Gasteiger partial charge in [-0.25, -0.2) is 4.79 Å². The fraction of sp³-hybridized carbons (Fsp3) is 0.632. The predicted octanol–water partition coefficient (Wildman–Crippen LogP) is 2.84. The van der Waals surface area contributed by atoms with Crippen molar-refractivity contribution in [3.63, 3.8) is 0 Å². The number of imide groups is 1. The molecule has 1 aromatic heterocycles. The van der Waals surface area contributed by atoms with E-state index < -0.39 is 76.3 Å². The van der Waals surface area contributed by atoms with Crippen LogP contribution in [-0.4, -0.2) is 99.9 Å². The third kappa shape index (κ3) is 9.23. The number of amides is 7. The highest BCUT2D eigenvalue weighted by Gasteiger charge is 2.48. The molecule has 5 atom stereocenters. The number of carbonyl (C=O) groups is 7. The number of urea groups is 1. The fourth-order valence-corrected chi connectivity index (χ4v) is 6.85. The van der Waals surface area contributed by atoms with Crippen molar-refractivity contribution < 1.29 is 33.6 Å². The second-order valence-corrected chi connectivity index (χ2v) is 16.8. The summed E-state index contributed by atoms with van der Waals surface area (Å²) in [5, 5.41) is 11.1. The van der Waals surface area contributed by atoms with Gasteiger partial charge in [-0.2, -0.15) is 0 Å². The molecule has 52 heavy (non-hydrogen) atoms. The molecule has 1 aromatic rings. The van der Waals surface area contributed by atoms with Crippen molar-refractivity contribution in [1.29, 1.82) is 0 Å². The molecule has 0 aromatic carbocycles. The van der Waals surface area contributed by atoms with Crippen LogP contribution in [0.4, 0.5) is 4.79 Å². The lowest BCUT2D eigenvalue weighted by molar-refractivity contribution is -0.144. The highest BCUT2D eigenvalue weighted by atomic mass is 16.2. The van der Waals surface area contributed by atoms with Crippen molar-refractivity contribution in [2.45, 2.75) is 105 Å². The van der Waals surface area contributed by atoms with Gasteiger partial charge in [0.05, 0.1) is 29.8 Å². The SMILES string of the molecule is C=CCNC(=O)C(=O)C(CC1CC1)NC(=O)[C@@H]1[C@@H](C(C)C)CCN1C(=O)[C@@H](NC(=O)N[C@H](CN1C(=O)c2ccncc2C1=O)C(C)(C)C)C(C)(C)C. The number of nitrogens with one attached hydrogen (secondary N) is 4. The maximum Gasteiger partial charge on any atom is 0.315 e. The third-order valence-electron chi connectivity index (χ3n) is 10.3. The molecule has 1 saturated carbocycles. The summed E-state index contributed by atoms with van der Waals surface area (Å²) in [6.07, 6.45) is 6.93. The van der Waals surface area contributed by atoms with Gasteiger partial charge in [0.25, 0.3) is 17.7 Å². The Balaban J connectivity index is 1.53. The highest BCUT2D eigenvalue weighted by Crippen LogP contribution is 2.36. The number of hydrogen-bond acceptors (Lipinski definition) is 8. The molecule has 7 amide bonds. The molecule has 4 N–H and O–H groups in total. The van der Waals surface area contributed by atoms with Gasteiger partial charge in [0, 0.05) is 25.5 Å². The third-order valence-corrected chi connectivity index (χ3v) is 10.3. The molecule has 1 unspecified atom stereocenters. The average molecular weight is 722 g/mol. The summed E-state index contributed by atoms with van der Waals surface area (Å²) in [4.78, 5) is 101. The lowest BCUT2D eigenvalue weighted by Crippen LogP contribution is -2.62. The smallest absolute Gasteiger partial charge is 0.315 e. The summed E-state index contributed by atoms with van der Waals surface area (Å²) in [6, 6.07) is -2.92. The van der Waals surface area contributed by atoms with Crippen LogP contribution in [0.2, 0.25) is 0 Å². The van der Waals surface area contributed by atoms with Crippen LogP contribution < -0.4 is 21.3 Å². The maximum atomic E-state index is 14.5. The number of Topliss-reactive ketones (excluding diaryl/α,β-unsaturated/α-hetero) is 1. The van der Waals surface area contributed by atoms with E-state index in [4.69, 9.17) is 0 Å². The normalized spacial score (nSPS) is 20.6. The molecule has 14 heteroatoms. The Labute approximate surface area is 306 Å². The van der Waals surface area contributed by atoms with E-state index in [2.05, 4.69) is 32.8 Å². The van der Waals surface area contributed by atoms with Crippen LogP contribution in [-0.2, 0) is 19.2 Å². The summed E-state index contributed by atoms with van der Waals surface area (Å²) >= 11 is 0. The zero-order valence-electron chi connectivity index (χ0n) is 31.7. The van der Waals surface area contributed by atoms with Crippen molar-refractivity contribution >= 4 is 41.4 Å².